The van der Waals surface area contributed by atoms with E-state index in [4.69, 9.17) is 4.74 Å². The zero-order chi connectivity index (χ0) is 19.9. The van der Waals surface area contributed by atoms with Crippen molar-refractivity contribution in [3.8, 4) is 5.75 Å². The second kappa shape index (κ2) is 9.18. The van der Waals surface area contributed by atoms with Crippen molar-refractivity contribution in [2.45, 2.75) is 33.2 Å². The summed E-state index contributed by atoms with van der Waals surface area (Å²) in [5, 5.41) is 0. The summed E-state index contributed by atoms with van der Waals surface area (Å²) in [5.41, 5.74) is 3.48. The van der Waals surface area contributed by atoms with Crippen LogP contribution >= 0.6 is 0 Å². The van der Waals surface area contributed by atoms with Gasteiger partial charge < -0.3 is 4.74 Å². The van der Waals surface area contributed by atoms with Gasteiger partial charge in [0, 0.05) is 6.20 Å². The molecule has 4 nitrogen and oxygen atoms in total. The molecule has 3 rings (SSSR count). The molecule has 0 bridgehead atoms. The third-order valence-corrected chi connectivity index (χ3v) is 4.60. The Balaban J connectivity index is 1.72. The first-order valence-electron chi connectivity index (χ1n) is 9.52. The van der Waals surface area contributed by atoms with Crippen LogP contribution in [-0.2, 0) is 11.3 Å². The Bertz CT molecular complexity index is 888. The van der Waals surface area contributed by atoms with Crippen molar-refractivity contribution in [1.29, 1.82) is 0 Å². The Kier molecular flexibility index (Phi) is 6.43. The molecule has 0 unspecified atom stereocenters. The lowest BCUT2D eigenvalue weighted by Gasteiger charge is -2.22. The SMILES string of the molecule is Cc1ccc(CN(C(=O)COc2ccc(C(C)C)cc2)c2ccccn2)cc1. The number of pyridine rings is 1. The Morgan fingerprint density at radius 3 is 2.32 bits per heavy atom. The first kappa shape index (κ1) is 19.6. The summed E-state index contributed by atoms with van der Waals surface area (Å²) in [4.78, 5) is 18.9. The number of carbonyl (C=O) groups excluding carboxylic acids is 1. The number of rotatable bonds is 7. The van der Waals surface area contributed by atoms with Crippen molar-refractivity contribution in [3.05, 3.63) is 89.6 Å². The number of carbonyl (C=O) groups is 1. The Morgan fingerprint density at radius 1 is 1.00 bits per heavy atom. The highest BCUT2D eigenvalue weighted by molar-refractivity contribution is 5.93. The van der Waals surface area contributed by atoms with E-state index in [-0.39, 0.29) is 12.5 Å². The van der Waals surface area contributed by atoms with Crippen molar-refractivity contribution in [1.82, 2.24) is 4.98 Å². The molecule has 0 spiro atoms. The van der Waals surface area contributed by atoms with Crippen LogP contribution in [0.4, 0.5) is 5.82 Å². The number of amides is 1. The maximum atomic E-state index is 12.9. The van der Waals surface area contributed by atoms with E-state index in [2.05, 4.69) is 18.8 Å². The molecule has 0 aliphatic carbocycles. The summed E-state index contributed by atoms with van der Waals surface area (Å²) in [6.07, 6.45) is 1.69. The Morgan fingerprint density at radius 2 is 1.71 bits per heavy atom. The smallest absolute Gasteiger partial charge is 0.266 e. The average Bonchev–Trinajstić information content (AvgIpc) is 2.72. The van der Waals surface area contributed by atoms with Gasteiger partial charge in [-0.25, -0.2) is 4.98 Å². The van der Waals surface area contributed by atoms with Gasteiger partial charge in [-0.3, -0.25) is 9.69 Å². The third kappa shape index (κ3) is 5.19. The van der Waals surface area contributed by atoms with E-state index < -0.39 is 0 Å². The molecular weight excluding hydrogens is 348 g/mol. The zero-order valence-corrected chi connectivity index (χ0v) is 16.6. The van der Waals surface area contributed by atoms with Crippen LogP contribution in [0.25, 0.3) is 0 Å². The van der Waals surface area contributed by atoms with Crippen molar-refractivity contribution < 1.29 is 9.53 Å². The molecule has 0 saturated heterocycles. The monoisotopic (exact) mass is 374 g/mol. The predicted octanol–water partition coefficient (Wildman–Crippen LogP) is 5.13. The van der Waals surface area contributed by atoms with E-state index in [1.165, 1.54) is 11.1 Å². The van der Waals surface area contributed by atoms with Gasteiger partial charge in [-0.2, -0.15) is 0 Å². The van der Waals surface area contributed by atoms with E-state index in [1.807, 2.05) is 73.7 Å². The van der Waals surface area contributed by atoms with Gasteiger partial charge in [-0.05, 0) is 48.2 Å². The fourth-order valence-corrected chi connectivity index (χ4v) is 2.86. The van der Waals surface area contributed by atoms with Gasteiger partial charge in [0.1, 0.15) is 11.6 Å². The summed E-state index contributed by atoms with van der Waals surface area (Å²) in [5.74, 6) is 1.64. The minimum atomic E-state index is -0.132. The lowest BCUT2D eigenvalue weighted by molar-refractivity contribution is -0.120. The highest BCUT2D eigenvalue weighted by atomic mass is 16.5. The van der Waals surface area contributed by atoms with Gasteiger partial charge in [-0.1, -0.05) is 61.9 Å². The van der Waals surface area contributed by atoms with Crippen molar-refractivity contribution in [2.75, 3.05) is 11.5 Å². The van der Waals surface area contributed by atoms with Crippen LogP contribution in [-0.4, -0.2) is 17.5 Å². The van der Waals surface area contributed by atoms with Crippen LogP contribution in [0.1, 0.15) is 36.5 Å². The topological polar surface area (TPSA) is 42.4 Å². The number of ether oxygens (including phenoxy) is 1. The summed E-state index contributed by atoms with van der Waals surface area (Å²) in [6, 6.07) is 21.6. The van der Waals surface area contributed by atoms with Gasteiger partial charge >= 0.3 is 0 Å². The number of aryl methyl sites for hydroxylation is 1. The molecule has 1 aromatic heterocycles. The number of aromatic nitrogens is 1. The second-order valence-corrected chi connectivity index (χ2v) is 7.17. The summed E-state index contributed by atoms with van der Waals surface area (Å²) >= 11 is 0. The molecule has 0 saturated carbocycles. The molecule has 0 aliphatic rings. The van der Waals surface area contributed by atoms with Crippen LogP contribution in [0, 0.1) is 6.92 Å². The molecule has 4 heteroatoms. The number of benzene rings is 2. The standard InChI is InChI=1S/C24H26N2O2/c1-18(2)21-11-13-22(14-12-21)28-17-24(27)26(23-6-4-5-15-25-23)16-20-9-7-19(3)8-10-20/h4-15,18H,16-17H2,1-3H3. The molecule has 28 heavy (non-hydrogen) atoms. The molecule has 0 fully saturated rings. The maximum absolute atomic E-state index is 12.9. The molecule has 1 heterocycles. The van der Waals surface area contributed by atoms with Gasteiger partial charge in [0.2, 0.25) is 0 Å². The van der Waals surface area contributed by atoms with Gasteiger partial charge in [0.15, 0.2) is 6.61 Å². The fourth-order valence-electron chi connectivity index (χ4n) is 2.86. The first-order chi connectivity index (χ1) is 13.5. The zero-order valence-electron chi connectivity index (χ0n) is 16.6. The lowest BCUT2D eigenvalue weighted by Crippen LogP contribution is -2.35. The predicted molar refractivity (Wildman–Crippen MR) is 113 cm³/mol. The molecule has 0 N–H and O–H groups in total. The molecule has 2 aromatic carbocycles. The van der Waals surface area contributed by atoms with Crippen molar-refractivity contribution in [3.63, 3.8) is 0 Å². The largest absolute Gasteiger partial charge is 0.484 e. The maximum Gasteiger partial charge on any atom is 0.266 e. The molecule has 0 radical (unpaired) electrons. The number of hydrogen-bond acceptors (Lipinski definition) is 3. The summed E-state index contributed by atoms with van der Waals surface area (Å²) in [6.45, 7) is 6.75. The van der Waals surface area contributed by atoms with Crippen LogP contribution in [0.3, 0.4) is 0 Å². The summed E-state index contributed by atoms with van der Waals surface area (Å²) < 4.78 is 5.74. The fraction of sp³-hybridized carbons (Fsp3) is 0.250. The number of anilines is 1. The lowest BCUT2D eigenvalue weighted by atomic mass is 10.0. The van der Waals surface area contributed by atoms with E-state index >= 15 is 0 Å². The van der Waals surface area contributed by atoms with Gasteiger partial charge in [-0.15, -0.1) is 0 Å². The highest BCUT2D eigenvalue weighted by Crippen LogP contribution is 2.19. The van der Waals surface area contributed by atoms with Gasteiger partial charge in [0.25, 0.3) is 5.91 Å². The minimum absolute atomic E-state index is 0.0382. The van der Waals surface area contributed by atoms with Crippen LogP contribution in [0.2, 0.25) is 0 Å². The van der Waals surface area contributed by atoms with Crippen LogP contribution < -0.4 is 9.64 Å². The van der Waals surface area contributed by atoms with E-state index in [1.54, 1.807) is 11.1 Å². The van der Waals surface area contributed by atoms with E-state index in [0.29, 0.717) is 24.0 Å². The molecular formula is C24H26N2O2. The quantitative estimate of drug-likeness (QED) is 0.576. The van der Waals surface area contributed by atoms with E-state index in [0.717, 1.165) is 5.56 Å². The first-order valence-corrected chi connectivity index (χ1v) is 9.52. The van der Waals surface area contributed by atoms with Crippen molar-refractivity contribution >= 4 is 11.7 Å². The van der Waals surface area contributed by atoms with Crippen molar-refractivity contribution in [2.24, 2.45) is 0 Å². The number of hydrogen-bond donors (Lipinski definition) is 0. The molecule has 0 aliphatic heterocycles. The highest BCUT2D eigenvalue weighted by Gasteiger charge is 2.18. The van der Waals surface area contributed by atoms with E-state index in [9.17, 15) is 4.79 Å². The normalized spacial score (nSPS) is 10.7. The molecule has 0 atom stereocenters. The number of nitrogens with zero attached hydrogens (tertiary/aromatic N) is 2. The van der Waals surface area contributed by atoms with Gasteiger partial charge in [0.05, 0.1) is 6.54 Å². The third-order valence-electron chi connectivity index (χ3n) is 4.60. The summed E-state index contributed by atoms with van der Waals surface area (Å²) in [7, 11) is 0. The van der Waals surface area contributed by atoms with Crippen LogP contribution in [0.15, 0.2) is 72.9 Å². The second-order valence-electron chi connectivity index (χ2n) is 7.17. The molecule has 1 amide bonds. The average molecular weight is 374 g/mol. The Hall–Kier alpha value is -3.14. The molecule has 3 aromatic rings. The molecule has 144 valence electrons. The van der Waals surface area contributed by atoms with Crippen LogP contribution in [0.5, 0.6) is 5.75 Å². The minimum Gasteiger partial charge on any atom is -0.484 e. The Labute approximate surface area is 166 Å².